The first-order valence-corrected chi connectivity index (χ1v) is 9.60. The van der Waals surface area contributed by atoms with Crippen molar-refractivity contribution in [3.05, 3.63) is 69.5 Å². The average Bonchev–Trinajstić information content (AvgIpc) is 2.73. The maximum Gasteiger partial charge on any atom is 0.251 e. The lowest BCUT2D eigenvalue weighted by Gasteiger charge is -2.10. The normalized spacial score (nSPS) is 10.7. The van der Waals surface area contributed by atoms with Crippen LogP contribution in [-0.4, -0.2) is 31.7 Å². The highest BCUT2D eigenvalue weighted by atomic mass is 16.5. The van der Waals surface area contributed by atoms with Crippen LogP contribution in [0.5, 0.6) is 11.5 Å². The molecule has 2 aromatic carbocycles. The summed E-state index contributed by atoms with van der Waals surface area (Å²) in [7, 11) is 3.21. The van der Waals surface area contributed by atoms with Crippen LogP contribution in [0, 0.1) is 6.92 Å². The zero-order valence-electron chi connectivity index (χ0n) is 17.0. The first kappa shape index (κ1) is 20.5. The predicted octanol–water partition coefficient (Wildman–Crippen LogP) is 3.15. The van der Waals surface area contributed by atoms with E-state index >= 15 is 0 Å². The minimum atomic E-state index is -0.0810. The maximum atomic E-state index is 12.2. The van der Waals surface area contributed by atoms with Gasteiger partial charge in [-0.15, -0.1) is 0 Å². The monoisotopic (exact) mass is 394 g/mol. The molecule has 0 aliphatic rings. The van der Waals surface area contributed by atoms with E-state index in [9.17, 15) is 9.59 Å². The number of pyridine rings is 1. The third-order valence-corrected chi connectivity index (χ3v) is 4.92. The Labute approximate surface area is 169 Å². The Hall–Kier alpha value is -3.28. The molecule has 1 amide bonds. The second kappa shape index (κ2) is 9.28. The van der Waals surface area contributed by atoms with Gasteiger partial charge in [-0.3, -0.25) is 9.59 Å². The van der Waals surface area contributed by atoms with Gasteiger partial charge in [-0.05, 0) is 60.5 Å². The van der Waals surface area contributed by atoms with Gasteiger partial charge >= 0.3 is 0 Å². The van der Waals surface area contributed by atoms with Crippen molar-refractivity contribution >= 4 is 16.8 Å². The summed E-state index contributed by atoms with van der Waals surface area (Å²) in [4.78, 5) is 26.8. The number of hydrogen-bond donors (Lipinski definition) is 2. The lowest BCUT2D eigenvalue weighted by atomic mass is 10.1. The highest BCUT2D eigenvalue weighted by Gasteiger charge is 2.07. The van der Waals surface area contributed by atoms with E-state index in [0.717, 1.165) is 22.0 Å². The third kappa shape index (κ3) is 5.16. The highest BCUT2D eigenvalue weighted by Crippen LogP contribution is 2.27. The Morgan fingerprint density at radius 1 is 0.966 bits per heavy atom. The molecule has 0 spiro atoms. The first-order valence-electron chi connectivity index (χ1n) is 9.60. The number of carbonyl (C=O) groups is 1. The van der Waals surface area contributed by atoms with Gasteiger partial charge in [-0.2, -0.15) is 0 Å². The van der Waals surface area contributed by atoms with E-state index in [4.69, 9.17) is 9.47 Å². The molecule has 152 valence electrons. The standard InChI is InChI=1S/C23H26N2O4/c1-15-12-18-7-4-16(13-19(18)25-23(15)27)6-9-22(26)24-11-10-17-5-8-20(28-2)21(14-17)29-3/h4-5,7-8,12-14H,6,9-11H2,1-3H3,(H,24,26)(H,25,27). The van der Waals surface area contributed by atoms with Crippen LogP contribution in [0.3, 0.4) is 0 Å². The van der Waals surface area contributed by atoms with Crippen LogP contribution in [0.2, 0.25) is 0 Å². The molecule has 0 radical (unpaired) electrons. The molecular weight excluding hydrogens is 368 g/mol. The molecule has 0 atom stereocenters. The fourth-order valence-electron chi connectivity index (χ4n) is 3.24. The van der Waals surface area contributed by atoms with Crippen LogP contribution in [0.25, 0.3) is 10.9 Å². The Bertz CT molecular complexity index is 1070. The molecule has 1 heterocycles. The van der Waals surface area contributed by atoms with E-state index in [1.54, 1.807) is 21.1 Å². The maximum absolute atomic E-state index is 12.2. The summed E-state index contributed by atoms with van der Waals surface area (Å²) >= 11 is 0. The highest BCUT2D eigenvalue weighted by molar-refractivity contribution is 5.80. The number of methoxy groups -OCH3 is 2. The fraction of sp³-hybridized carbons (Fsp3) is 0.304. The van der Waals surface area contributed by atoms with Crippen molar-refractivity contribution in [3.63, 3.8) is 0 Å². The SMILES string of the molecule is COc1ccc(CCNC(=O)CCc2ccc3cc(C)c(=O)[nH]c3c2)cc1OC. The van der Waals surface area contributed by atoms with E-state index in [0.29, 0.717) is 42.9 Å². The number of aryl methyl sites for hydroxylation is 2. The summed E-state index contributed by atoms with van der Waals surface area (Å²) in [5.74, 6) is 1.37. The number of nitrogens with one attached hydrogen (secondary N) is 2. The second-order valence-corrected chi connectivity index (χ2v) is 6.99. The van der Waals surface area contributed by atoms with Gasteiger partial charge in [0.25, 0.3) is 5.56 Å². The van der Waals surface area contributed by atoms with Crippen LogP contribution >= 0.6 is 0 Å². The largest absolute Gasteiger partial charge is 0.493 e. The summed E-state index contributed by atoms with van der Waals surface area (Å²) in [5, 5.41) is 3.94. The van der Waals surface area contributed by atoms with Crippen LogP contribution in [-0.2, 0) is 17.6 Å². The van der Waals surface area contributed by atoms with Crippen molar-refractivity contribution < 1.29 is 14.3 Å². The van der Waals surface area contributed by atoms with Gasteiger partial charge in [-0.1, -0.05) is 18.2 Å². The van der Waals surface area contributed by atoms with Crippen LogP contribution in [0.4, 0.5) is 0 Å². The molecule has 0 aliphatic carbocycles. The van der Waals surface area contributed by atoms with Crippen LogP contribution in [0.1, 0.15) is 23.1 Å². The van der Waals surface area contributed by atoms with Gasteiger partial charge in [0.15, 0.2) is 11.5 Å². The molecule has 3 rings (SSSR count). The Morgan fingerprint density at radius 3 is 2.45 bits per heavy atom. The molecule has 1 aromatic heterocycles. The fourth-order valence-corrected chi connectivity index (χ4v) is 3.24. The molecule has 0 saturated carbocycles. The molecule has 6 heteroatoms. The number of benzene rings is 2. The summed E-state index contributed by atoms with van der Waals surface area (Å²) in [6.07, 6.45) is 1.73. The number of hydrogen-bond acceptors (Lipinski definition) is 4. The Balaban J connectivity index is 1.50. The molecule has 0 unspecified atom stereocenters. The summed E-state index contributed by atoms with van der Waals surface area (Å²) in [5.41, 5.74) is 3.50. The quantitative estimate of drug-likeness (QED) is 0.615. The van der Waals surface area contributed by atoms with Gasteiger partial charge < -0.3 is 19.8 Å². The van der Waals surface area contributed by atoms with Gasteiger partial charge in [0.2, 0.25) is 5.91 Å². The molecule has 2 N–H and O–H groups in total. The summed E-state index contributed by atoms with van der Waals surface area (Å²) in [6.45, 7) is 2.34. The molecule has 29 heavy (non-hydrogen) atoms. The van der Waals surface area contributed by atoms with Gasteiger partial charge in [-0.25, -0.2) is 0 Å². The first-order chi connectivity index (χ1) is 14.0. The number of rotatable bonds is 8. The third-order valence-electron chi connectivity index (χ3n) is 4.92. The van der Waals surface area contributed by atoms with E-state index in [1.807, 2.05) is 42.5 Å². The molecule has 0 saturated heterocycles. The average molecular weight is 394 g/mol. The molecular formula is C23H26N2O4. The second-order valence-electron chi connectivity index (χ2n) is 6.99. The minimum absolute atomic E-state index is 0.00275. The topological polar surface area (TPSA) is 80.4 Å². The van der Waals surface area contributed by atoms with E-state index < -0.39 is 0 Å². The predicted molar refractivity (Wildman–Crippen MR) is 114 cm³/mol. The number of H-pyrrole nitrogens is 1. The van der Waals surface area contributed by atoms with Gasteiger partial charge in [0.05, 0.1) is 14.2 Å². The van der Waals surface area contributed by atoms with Crippen molar-refractivity contribution in [2.75, 3.05) is 20.8 Å². The van der Waals surface area contributed by atoms with Crippen molar-refractivity contribution in [2.45, 2.75) is 26.2 Å². The Morgan fingerprint density at radius 2 is 1.69 bits per heavy atom. The van der Waals surface area contributed by atoms with Crippen molar-refractivity contribution in [3.8, 4) is 11.5 Å². The van der Waals surface area contributed by atoms with Gasteiger partial charge in [0, 0.05) is 24.0 Å². The molecule has 0 aliphatic heterocycles. The number of aromatic nitrogens is 1. The molecule has 0 fully saturated rings. The van der Waals surface area contributed by atoms with Crippen molar-refractivity contribution in [1.29, 1.82) is 0 Å². The molecule has 3 aromatic rings. The number of fused-ring (bicyclic) bond motifs is 1. The van der Waals surface area contributed by atoms with E-state index in [-0.39, 0.29) is 11.5 Å². The molecule has 6 nitrogen and oxygen atoms in total. The molecule has 0 bridgehead atoms. The van der Waals surface area contributed by atoms with E-state index in [1.165, 1.54) is 0 Å². The number of carbonyl (C=O) groups excluding carboxylic acids is 1. The number of aromatic amines is 1. The van der Waals surface area contributed by atoms with Crippen molar-refractivity contribution in [1.82, 2.24) is 10.3 Å². The number of ether oxygens (including phenoxy) is 2. The summed E-state index contributed by atoms with van der Waals surface area (Å²) < 4.78 is 10.5. The van der Waals surface area contributed by atoms with E-state index in [2.05, 4.69) is 10.3 Å². The minimum Gasteiger partial charge on any atom is -0.493 e. The van der Waals surface area contributed by atoms with Crippen LogP contribution in [0.15, 0.2) is 47.3 Å². The Kier molecular flexibility index (Phi) is 6.54. The smallest absolute Gasteiger partial charge is 0.251 e. The number of amides is 1. The van der Waals surface area contributed by atoms with Crippen molar-refractivity contribution in [2.24, 2.45) is 0 Å². The lowest BCUT2D eigenvalue weighted by Crippen LogP contribution is -2.25. The zero-order chi connectivity index (χ0) is 20.8. The summed E-state index contributed by atoms with van der Waals surface area (Å²) in [6, 6.07) is 13.5. The lowest BCUT2D eigenvalue weighted by molar-refractivity contribution is -0.121. The zero-order valence-corrected chi connectivity index (χ0v) is 17.0. The van der Waals surface area contributed by atoms with Crippen LogP contribution < -0.4 is 20.3 Å². The van der Waals surface area contributed by atoms with Gasteiger partial charge in [0.1, 0.15) is 0 Å².